The van der Waals surface area contributed by atoms with Crippen LogP contribution in [0.2, 0.25) is 0 Å². The van der Waals surface area contributed by atoms with Crippen molar-refractivity contribution in [3.63, 3.8) is 0 Å². The van der Waals surface area contributed by atoms with Crippen LogP contribution >= 0.6 is 0 Å². The van der Waals surface area contributed by atoms with Crippen molar-refractivity contribution in [2.45, 2.75) is 26.7 Å². The van der Waals surface area contributed by atoms with Gasteiger partial charge in [-0.1, -0.05) is 19.9 Å². The van der Waals surface area contributed by atoms with Gasteiger partial charge in [-0.25, -0.2) is 8.78 Å². The van der Waals surface area contributed by atoms with E-state index in [-0.39, 0.29) is 17.5 Å². The zero-order valence-corrected chi connectivity index (χ0v) is 9.39. The van der Waals surface area contributed by atoms with E-state index in [1.807, 2.05) is 13.8 Å². The molecule has 1 amide bonds. The van der Waals surface area contributed by atoms with E-state index in [1.54, 1.807) is 0 Å². The van der Waals surface area contributed by atoms with Gasteiger partial charge in [-0.15, -0.1) is 0 Å². The van der Waals surface area contributed by atoms with E-state index in [2.05, 4.69) is 5.32 Å². The number of rotatable bonds is 4. The summed E-state index contributed by atoms with van der Waals surface area (Å²) in [4.78, 5) is 11.6. The minimum Gasteiger partial charge on any atom is -0.321 e. The molecule has 2 nitrogen and oxygen atoms in total. The average Bonchev–Trinajstić information content (AvgIpc) is 2.25. The molecule has 1 aromatic carbocycles. The molecule has 0 unspecified atom stereocenters. The molecule has 0 radical (unpaired) electrons. The van der Waals surface area contributed by atoms with E-state index in [9.17, 15) is 13.6 Å². The lowest BCUT2D eigenvalue weighted by molar-refractivity contribution is -0.120. The average molecular weight is 227 g/mol. The number of para-hydroxylation sites is 1. The highest BCUT2D eigenvalue weighted by Crippen LogP contribution is 2.20. The van der Waals surface area contributed by atoms with Crippen LogP contribution in [0.3, 0.4) is 0 Å². The monoisotopic (exact) mass is 227 g/mol. The predicted molar refractivity (Wildman–Crippen MR) is 59.1 cm³/mol. The molecule has 0 aliphatic heterocycles. The Kier molecular flexibility index (Phi) is 4.40. The summed E-state index contributed by atoms with van der Waals surface area (Å²) in [6.45, 7) is 3.73. The Morgan fingerprint density at radius 2 is 1.75 bits per heavy atom. The minimum absolute atomic E-state index is 0.209. The number of amides is 1. The van der Waals surface area contributed by atoms with E-state index in [0.29, 0.717) is 12.8 Å². The quantitative estimate of drug-likeness (QED) is 0.839. The molecule has 0 aliphatic carbocycles. The molecule has 0 heterocycles. The lowest BCUT2D eigenvalue weighted by Crippen LogP contribution is -2.22. The molecular weight excluding hydrogens is 212 g/mol. The fourth-order valence-electron chi connectivity index (χ4n) is 1.50. The Morgan fingerprint density at radius 3 is 2.19 bits per heavy atom. The largest absolute Gasteiger partial charge is 0.321 e. The van der Waals surface area contributed by atoms with Gasteiger partial charge in [0, 0.05) is 5.92 Å². The van der Waals surface area contributed by atoms with Crippen LogP contribution in [0.5, 0.6) is 0 Å². The lowest BCUT2D eigenvalue weighted by Gasteiger charge is -2.13. The van der Waals surface area contributed by atoms with Crippen molar-refractivity contribution in [1.29, 1.82) is 0 Å². The van der Waals surface area contributed by atoms with Crippen LogP contribution in [0, 0.1) is 17.6 Å². The second-order valence-corrected chi connectivity index (χ2v) is 3.60. The fraction of sp³-hybridized carbons (Fsp3) is 0.417. The van der Waals surface area contributed by atoms with E-state index in [0.717, 1.165) is 12.1 Å². The normalized spacial score (nSPS) is 10.6. The molecule has 88 valence electrons. The van der Waals surface area contributed by atoms with E-state index in [4.69, 9.17) is 0 Å². The molecule has 0 saturated heterocycles. The Balaban J connectivity index is 2.84. The summed E-state index contributed by atoms with van der Waals surface area (Å²) < 4.78 is 26.5. The molecule has 4 heteroatoms. The highest BCUT2D eigenvalue weighted by atomic mass is 19.1. The van der Waals surface area contributed by atoms with Gasteiger partial charge in [-0.3, -0.25) is 4.79 Å². The maximum atomic E-state index is 13.2. The summed E-state index contributed by atoms with van der Waals surface area (Å²) in [5, 5.41) is 2.29. The molecule has 0 fully saturated rings. The SMILES string of the molecule is CCC(CC)C(=O)Nc1c(F)cccc1F. The molecule has 0 aromatic heterocycles. The van der Waals surface area contributed by atoms with Crippen LogP contribution in [0.4, 0.5) is 14.5 Å². The van der Waals surface area contributed by atoms with Gasteiger partial charge >= 0.3 is 0 Å². The predicted octanol–water partition coefficient (Wildman–Crippen LogP) is 3.34. The van der Waals surface area contributed by atoms with Crippen LogP contribution in [0.25, 0.3) is 0 Å². The molecule has 0 atom stereocenters. The zero-order chi connectivity index (χ0) is 12.1. The van der Waals surface area contributed by atoms with Gasteiger partial charge in [0.25, 0.3) is 0 Å². The molecule has 0 bridgehead atoms. The van der Waals surface area contributed by atoms with Crippen molar-refractivity contribution >= 4 is 11.6 Å². The Morgan fingerprint density at radius 1 is 1.25 bits per heavy atom. The summed E-state index contributed by atoms with van der Waals surface area (Å²) in [7, 11) is 0. The Labute approximate surface area is 93.7 Å². The van der Waals surface area contributed by atoms with Gasteiger partial charge in [0.15, 0.2) is 0 Å². The van der Waals surface area contributed by atoms with Crippen LogP contribution < -0.4 is 5.32 Å². The topological polar surface area (TPSA) is 29.1 Å². The smallest absolute Gasteiger partial charge is 0.227 e. The van der Waals surface area contributed by atoms with Crippen molar-refractivity contribution in [2.24, 2.45) is 5.92 Å². The molecule has 0 spiro atoms. The number of nitrogens with one attached hydrogen (secondary N) is 1. The molecule has 0 aliphatic rings. The van der Waals surface area contributed by atoms with Gasteiger partial charge in [0.2, 0.25) is 5.91 Å². The first-order valence-electron chi connectivity index (χ1n) is 5.35. The highest BCUT2D eigenvalue weighted by Gasteiger charge is 2.17. The van der Waals surface area contributed by atoms with Crippen LogP contribution in [0.15, 0.2) is 18.2 Å². The van der Waals surface area contributed by atoms with E-state index < -0.39 is 11.6 Å². The third-order valence-electron chi connectivity index (χ3n) is 2.57. The zero-order valence-electron chi connectivity index (χ0n) is 9.39. The van der Waals surface area contributed by atoms with Crippen molar-refractivity contribution in [3.8, 4) is 0 Å². The molecule has 1 aromatic rings. The first-order valence-corrected chi connectivity index (χ1v) is 5.35. The highest BCUT2D eigenvalue weighted by molar-refractivity contribution is 5.92. The number of benzene rings is 1. The third-order valence-corrected chi connectivity index (χ3v) is 2.57. The van der Waals surface area contributed by atoms with Crippen molar-refractivity contribution in [3.05, 3.63) is 29.8 Å². The first kappa shape index (κ1) is 12.6. The van der Waals surface area contributed by atoms with Crippen LogP contribution in [0.1, 0.15) is 26.7 Å². The van der Waals surface area contributed by atoms with Crippen molar-refractivity contribution < 1.29 is 13.6 Å². The summed E-state index contributed by atoms with van der Waals surface area (Å²) in [6, 6.07) is 3.49. The third kappa shape index (κ3) is 2.78. The minimum atomic E-state index is -0.751. The summed E-state index contributed by atoms with van der Waals surface area (Å²) >= 11 is 0. The summed E-state index contributed by atoms with van der Waals surface area (Å²) in [6.07, 6.45) is 1.30. The number of carbonyl (C=O) groups excluding carboxylic acids is 1. The summed E-state index contributed by atoms with van der Waals surface area (Å²) in [5.74, 6) is -2.05. The molecule has 1 rings (SSSR count). The lowest BCUT2D eigenvalue weighted by atomic mass is 10.0. The van der Waals surface area contributed by atoms with Crippen molar-refractivity contribution in [2.75, 3.05) is 5.32 Å². The first-order chi connectivity index (χ1) is 7.60. The fourth-order valence-corrected chi connectivity index (χ4v) is 1.50. The Bertz CT molecular complexity index is 355. The van der Waals surface area contributed by atoms with Crippen molar-refractivity contribution in [1.82, 2.24) is 0 Å². The molecule has 1 N–H and O–H groups in total. The van der Waals surface area contributed by atoms with Gasteiger partial charge in [0.05, 0.1) is 0 Å². The standard InChI is InChI=1S/C12H15F2NO/c1-3-8(4-2)12(16)15-11-9(13)6-5-7-10(11)14/h5-8H,3-4H2,1-2H3,(H,15,16). The number of halogens is 2. The van der Waals surface area contributed by atoms with E-state index >= 15 is 0 Å². The molecular formula is C12H15F2NO. The van der Waals surface area contributed by atoms with Gasteiger partial charge in [-0.2, -0.15) is 0 Å². The van der Waals surface area contributed by atoms with Gasteiger partial charge in [0.1, 0.15) is 17.3 Å². The number of carbonyl (C=O) groups is 1. The number of hydrogen-bond donors (Lipinski definition) is 1. The van der Waals surface area contributed by atoms with Crippen LogP contribution in [-0.4, -0.2) is 5.91 Å². The Hall–Kier alpha value is -1.45. The van der Waals surface area contributed by atoms with E-state index in [1.165, 1.54) is 6.07 Å². The maximum absolute atomic E-state index is 13.2. The number of hydrogen-bond acceptors (Lipinski definition) is 1. The van der Waals surface area contributed by atoms with Crippen LogP contribution in [-0.2, 0) is 4.79 Å². The second kappa shape index (κ2) is 5.58. The summed E-state index contributed by atoms with van der Waals surface area (Å²) in [5.41, 5.74) is -0.362. The number of anilines is 1. The van der Waals surface area contributed by atoms with Gasteiger partial charge in [-0.05, 0) is 25.0 Å². The molecule has 16 heavy (non-hydrogen) atoms. The van der Waals surface area contributed by atoms with Gasteiger partial charge < -0.3 is 5.32 Å². The molecule has 0 saturated carbocycles. The second-order valence-electron chi connectivity index (χ2n) is 3.60. The maximum Gasteiger partial charge on any atom is 0.227 e.